The van der Waals surface area contributed by atoms with Gasteiger partial charge in [0, 0.05) is 10.6 Å². The number of carbonyl (C=O) groups is 3. The van der Waals surface area contributed by atoms with Gasteiger partial charge in [-0.05, 0) is 54.1 Å². The molecule has 3 rings (SSSR count). The minimum atomic E-state index is -0.797. The van der Waals surface area contributed by atoms with Crippen molar-refractivity contribution >= 4 is 29.4 Å². The van der Waals surface area contributed by atoms with E-state index in [1.807, 2.05) is 18.2 Å². The second-order valence-corrected chi connectivity index (χ2v) is 7.28. The van der Waals surface area contributed by atoms with Crippen molar-refractivity contribution < 1.29 is 23.9 Å². The van der Waals surface area contributed by atoms with E-state index in [-0.39, 0.29) is 12.2 Å². The summed E-state index contributed by atoms with van der Waals surface area (Å²) < 4.78 is 10.9. The maximum Gasteiger partial charge on any atom is 0.312 e. The largest absolute Gasteiger partial charge is 0.457 e. The van der Waals surface area contributed by atoms with Crippen molar-refractivity contribution in [2.75, 3.05) is 6.61 Å². The van der Waals surface area contributed by atoms with E-state index in [0.717, 1.165) is 0 Å². The summed E-state index contributed by atoms with van der Waals surface area (Å²) in [4.78, 5) is 36.0. The van der Waals surface area contributed by atoms with Crippen LogP contribution < -0.4 is 15.8 Å². The Morgan fingerprint density at radius 2 is 1.59 bits per heavy atom. The second kappa shape index (κ2) is 11.0. The summed E-state index contributed by atoms with van der Waals surface area (Å²) in [5.41, 5.74) is 6.25. The van der Waals surface area contributed by atoms with Gasteiger partial charge in [0.15, 0.2) is 12.4 Å². The van der Waals surface area contributed by atoms with Crippen LogP contribution >= 0.6 is 11.6 Å². The Hall–Kier alpha value is -3.84. The molecule has 0 aliphatic carbocycles. The standard InChI is InChI=1S/C24H21ClN2O5/c25-18-11-9-16(10-12-18)22(28)15-31-23(29)14-21(27-24(26)30)17-5-4-8-20(13-17)32-19-6-2-1-3-7-19/h1-13,21H,14-15H2,(H3,26,27,30)/t21-/m1/s1. The van der Waals surface area contributed by atoms with Crippen LogP contribution in [0, 0.1) is 0 Å². The normalized spacial score (nSPS) is 11.3. The first-order valence-corrected chi connectivity index (χ1v) is 10.1. The van der Waals surface area contributed by atoms with Crippen LogP contribution in [0.4, 0.5) is 4.79 Å². The summed E-state index contributed by atoms with van der Waals surface area (Å²) in [6.45, 7) is -0.430. The first-order valence-electron chi connectivity index (χ1n) is 9.74. The number of urea groups is 1. The molecule has 0 bridgehead atoms. The molecule has 0 radical (unpaired) electrons. The number of ether oxygens (including phenoxy) is 2. The van der Waals surface area contributed by atoms with Gasteiger partial charge in [0.05, 0.1) is 12.5 Å². The summed E-state index contributed by atoms with van der Waals surface area (Å²) >= 11 is 5.81. The number of nitrogens with one attached hydrogen (secondary N) is 1. The molecule has 3 aromatic carbocycles. The van der Waals surface area contributed by atoms with Gasteiger partial charge >= 0.3 is 12.0 Å². The third-order valence-corrected chi connectivity index (χ3v) is 4.71. The highest BCUT2D eigenvalue weighted by Crippen LogP contribution is 2.26. The number of ketones is 1. The molecule has 0 saturated carbocycles. The fraction of sp³-hybridized carbons (Fsp3) is 0.125. The van der Waals surface area contributed by atoms with E-state index in [0.29, 0.717) is 27.6 Å². The summed E-state index contributed by atoms with van der Waals surface area (Å²) in [7, 11) is 0. The number of hydrogen-bond acceptors (Lipinski definition) is 5. The van der Waals surface area contributed by atoms with Crippen molar-refractivity contribution in [3.05, 3.63) is 95.0 Å². The topological polar surface area (TPSA) is 108 Å². The Morgan fingerprint density at radius 1 is 0.906 bits per heavy atom. The maximum atomic E-state index is 12.4. The van der Waals surface area contributed by atoms with Crippen LogP contribution in [0.15, 0.2) is 78.9 Å². The number of para-hydroxylation sites is 1. The predicted octanol–water partition coefficient (Wildman–Crippen LogP) is 4.66. The van der Waals surface area contributed by atoms with Crippen molar-refractivity contribution in [3.63, 3.8) is 0 Å². The fourth-order valence-corrected chi connectivity index (χ4v) is 3.06. The van der Waals surface area contributed by atoms with E-state index in [4.69, 9.17) is 26.8 Å². The number of carbonyl (C=O) groups excluding carboxylic acids is 3. The minimum absolute atomic E-state index is 0.217. The Morgan fingerprint density at radius 3 is 2.28 bits per heavy atom. The Kier molecular flexibility index (Phi) is 7.83. The van der Waals surface area contributed by atoms with Gasteiger partial charge in [-0.15, -0.1) is 0 Å². The monoisotopic (exact) mass is 452 g/mol. The molecule has 2 amide bonds. The molecule has 0 fully saturated rings. The van der Waals surface area contributed by atoms with Gasteiger partial charge in [0.1, 0.15) is 11.5 Å². The number of esters is 1. The quantitative estimate of drug-likeness (QED) is 0.362. The Bertz CT molecular complexity index is 1090. The van der Waals surface area contributed by atoms with Gasteiger partial charge in [-0.2, -0.15) is 0 Å². The molecule has 3 aromatic rings. The number of hydrogen-bond donors (Lipinski definition) is 2. The second-order valence-electron chi connectivity index (χ2n) is 6.84. The van der Waals surface area contributed by atoms with E-state index in [1.165, 1.54) is 0 Å². The van der Waals surface area contributed by atoms with Crippen molar-refractivity contribution in [2.24, 2.45) is 5.73 Å². The number of Topliss-reactive ketones (excluding diaryl/α,β-unsaturated/α-hetero) is 1. The van der Waals surface area contributed by atoms with Gasteiger partial charge < -0.3 is 20.5 Å². The molecule has 0 saturated heterocycles. The Labute approximate surface area is 190 Å². The van der Waals surface area contributed by atoms with E-state index in [9.17, 15) is 14.4 Å². The molecule has 7 nitrogen and oxygen atoms in total. The van der Waals surface area contributed by atoms with Gasteiger partial charge in [-0.3, -0.25) is 9.59 Å². The van der Waals surface area contributed by atoms with Gasteiger partial charge in [0.2, 0.25) is 0 Å². The van der Waals surface area contributed by atoms with Crippen molar-refractivity contribution in [1.29, 1.82) is 0 Å². The average molecular weight is 453 g/mol. The number of rotatable bonds is 9. The number of primary amides is 1. The van der Waals surface area contributed by atoms with Crippen molar-refractivity contribution in [3.8, 4) is 11.5 Å². The zero-order valence-corrected chi connectivity index (χ0v) is 17.7. The summed E-state index contributed by atoms with van der Waals surface area (Å²) in [5.74, 6) is 0.133. The van der Waals surface area contributed by atoms with Crippen molar-refractivity contribution in [2.45, 2.75) is 12.5 Å². The Balaban J connectivity index is 1.65. The molecule has 8 heteroatoms. The molecule has 3 N–H and O–H groups in total. The number of amides is 2. The van der Waals surface area contributed by atoms with Gasteiger partial charge in [-0.25, -0.2) is 4.79 Å². The predicted molar refractivity (Wildman–Crippen MR) is 120 cm³/mol. The summed E-state index contributed by atoms with van der Waals surface area (Å²) in [5, 5.41) is 3.02. The summed E-state index contributed by atoms with van der Waals surface area (Å²) in [6, 6.07) is 20.8. The SMILES string of the molecule is NC(=O)N[C@H](CC(=O)OCC(=O)c1ccc(Cl)cc1)c1cccc(Oc2ccccc2)c1. The first-order chi connectivity index (χ1) is 15.4. The van der Waals surface area contributed by atoms with Crippen molar-refractivity contribution in [1.82, 2.24) is 5.32 Å². The van der Waals surface area contributed by atoms with E-state index < -0.39 is 24.6 Å². The molecular formula is C24H21ClN2O5. The first kappa shape index (κ1) is 22.8. The van der Waals surface area contributed by atoms with E-state index in [1.54, 1.807) is 60.7 Å². The molecule has 164 valence electrons. The van der Waals surface area contributed by atoms with Gasteiger partial charge in [0.25, 0.3) is 0 Å². The third kappa shape index (κ3) is 6.85. The van der Waals surface area contributed by atoms with Crippen LogP contribution in [0.2, 0.25) is 5.02 Å². The number of benzene rings is 3. The van der Waals surface area contributed by atoms with Crippen LogP contribution in [-0.2, 0) is 9.53 Å². The fourth-order valence-electron chi connectivity index (χ4n) is 2.93. The highest BCUT2D eigenvalue weighted by molar-refractivity contribution is 6.30. The van der Waals surface area contributed by atoms with Crippen LogP contribution in [0.1, 0.15) is 28.4 Å². The average Bonchev–Trinajstić information content (AvgIpc) is 2.78. The van der Waals surface area contributed by atoms with E-state index in [2.05, 4.69) is 5.32 Å². The smallest absolute Gasteiger partial charge is 0.312 e. The third-order valence-electron chi connectivity index (χ3n) is 4.46. The number of nitrogens with two attached hydrogens (primary N) is 1. The molecule has 0 spiro atoms. The molecule has 32 heavy (non-hydrogen) atoms. The lowest BCUT2D eigenvalue weighted by Gasteiger charge is -2.18. The highest BCUT2D eigenvalue weighted by atomic mass is 35.5. The zero-order chi connectivity index (χ0) is 22.9. The van der Waals surface area contributed by atoms with Crippen LogP contribution in [0.25, 0.3) is 0 Å². The van der Waals surface area contributed by atoms with Crippen LogP contribution in [0.5, 0.6) is 11.5 Å². The molecular weight excluding hydrogens is 432 g/mol. The minimum Gasteiger partial charge on any atom is -0.457 e. The lowest BCUT2D eigenvalue weighted by molar-refractivity contribution is -0.143. The molecule has 0 heterocycles. The summed E-state index contributed by atoms with van der Waals surface area (Å²) in [6.07, 6.45) is -0.217. The zero-order valence-electron chi connectivity index (χ0n) is 17.0. The molecule has 0 aliphatic rings. The van der Waals surface area contributed by atoms with Crippen LogP contribution in [-0.4, -0.2) is 24.4 Å². The van der Waals surface area contributed by atoms with Crippen LogP contribution in [0.3, 0.4) is 0 Å². The lowest BCUT2D eigenvalue weighted by atomic mass is 10.0. The highest BCUT2D eigenvalue weighted by Gasteiger charge is 2.20. The van der Waals surface area contributed by atoms with E-state index >= 15 is 0 Å². The number of halogens is 1. The molecule has 0 unspecified atom stereocenters. The lowest BCUT2D eigenvalue weighted by Crippen LogP contribution is -2.34. The molecule has 0 aliphatic heterocycles. The molecule has 0 aromatic heterocycles. The molecule has 1 atom stereocenters. The maximum absolute atomic E-state index is 12.4. The van der Waals surface area contributed by atoms with Gasteiger partial charge in [-0.1, -0.05) is 41.9 Å².